The molecule has 0 aromatic rings. The van der Waals surface area contributed by atoms with Gasteiger partial charge in [0, 0.05) is 6.42 Å². The van der Waals surface area contributed by atoms with Gasteiger partial charge in [-0.15, -0.1) is 0 Å². The molecule has 0 bridgehead atoms. The number of phosphoric ester groups is 1. The largest absolute Gasteiger partial charge is 0.472 e. The molecule has 0 aromatic heterocycles. The first-order valence-electron chi connectivity index (χ1n) is 30.4. The maximum absolute atomic E-state index is 13.0. The molecule has 408 valence electrons. The molecule has 0 radical (unpaired) electrons. The van der Waals surface area contributed by atoms with Crippen LogP contribution in [0.25, 0.3) is 0 Å². The summed E-state index contributed by atoms with van der Waals surface area (Å²) < 4.78 is 23.8. The highest BCUT2D eigenvalue weighted by Gasteiger charge is 2.28. The van der Waals surface area contributed by atoms with E-state index in [1.165, 1.54) is 257 Å². The maximum atomic E-state index is 13.0. The van der Waals surface area contributed by atoms with Gasteiger partial charge < -0.3 is 19.8 Å². The Hall–Kier alpha value is -0.500. The van der Waals surface area contributed by atoms with Crippen LogP contribution in [-0.2, 0) is 18.4 Å². The number of unbranched alkanes of at least 4 members (excludes halogenated alkanes) is 44. The lowest BCUT2D eigenvalue weighted by Crippen LogP contribution is -2.46. The molecule has 68 heavy (non-hydrogen) atoms. The van der Waals surface area contributed by atoms with Crippen molar-refractivity contribution in [1.82, 2.24) is 5.32 Å². The van der Waals surface area contributed by atoms with Crippen molar-refractivity contribution in [1.29, 1.82) is 0 Å². The van der Waals surface area contributed by atoms with Crippen LogP contribution in [0.4, 0.5) is 0 Å². The summed E-state index contributed by atoms with van der Waals surface area (Å²) in [6.45, 7) is 4.95. The Kier molecular flexibility index (Phi) is 51.0. The minimum Gasteiger partial charge on any atom is -0.391 e. The van der Waals surface area contributed by atoms with Crippen LogP contribution in [0.15, 0.2) is 0 Å². The van der Waals surface area contributed by atoms with Crippen molar-refractivity contribution in [3.05, 3.63) is 0 Å². The second-order valence-corrected chi connectivity index (χ2v) is 23.9. The van der Waals surface area contributed by atoms with E-state index < -0.39 is 20.0 Å². The third kappa shape index (κ3) is 53.3. The zero-order chi connectivity index (χ0) is 49.9. The van der Waals surface area contributed by atoms with E-state index in [-0.39, 0.29) is 19.1 Å². The van der Waals surface area contributed by atoms with Crippen molar-refractivity contribution in [2.24, 2.45) is 0 Å². The number of carbonyl (C=O) groups excluding carboxylic acids is 1. The number of hydrogen-bond donors (Lipinski definition) is 3. The van der Waals surface area contributed by atoms with Crippen LogP contribution in [0, 0.1) is 0 Å². The molecule has 0 aliphatic rings. The fourth-order valence-electron chi connectivity index (χ4n) is 9.58. The number of amides is 1. The van der Waals surface area contributed by atoms with E-state index in [0.29, 0.717) is 23.9 Å². The Bertz CT molecular complexity index is 1070. The predicted octanol–water partition coefficient (Wildman–Crippen LogP) is 18.4. The summed E-state index contributed by atoms with van der Waals surface area (Å²) in [5.41, 5.74) is 0. The first-order valence-corrected chi connectivity index (χ1v) is 31.9. The number of carbonyl (C=O) groups is 1. The summed E-state index contributed by atoms with van der Waals surface area (Å²) in [4.78, 5) is 23.3. The summed E-state index contributed by atoms with van der Waals surface area (Å²) in [5, 5.41) is 14.1. The standard InChI is InChI=1S/C59H121N2O6P/c1-6-8-10-12-14-16-18-20-22-24-26-27-28-29-30-31-32-33-35-36-38-40-42-44-46-48-50-52-58(62)57(56-67-68(64,65)66-55-54-61(3,4)5)60-59(63)53-51-49-47-45-43-41-39-37-34-25-23-21-19-17-15-13-11-9-7-2/h57-58,62H,6-56H2,1-5H3,(H-,60,63,64,65)/p+1. The molecule has 0 spiro atoms. The summed E-state index contributed by atoms with van der Waals surface area (Å²) in [6, 6.07) is -0.755. The normalized spacial score (nSPS) is 13.8. The summed E-state index contributed by atoms with van der Waals surface area (Å²) in [7, 11) is 1.64. The lowest BCUT2D eigenvalue weighted by Gasteiger charge is -2.26. The van der Waals surface area contributed by atoms with Crippen molar-refractivity contribution < 1.29 is 32.9 Å². The molecule has 3 unspecified atom stereocenters. The third-order valence-electron chi connectivity index (χ3n) is 14.4. The molecule has 0 saturated heterocycles. The van der Waals surface area contributed by atoms with Gasteiger partial charge in [-0.1, -0.05) is 303 Å². The Labute approximate surface area is 425 Å². The van der Waals surface area contributed by atoms with Gasteiger partial charge in [-0.05, 0) is 12.8 Å². The van der Waals surface area contributed by atoms with Crippen LogP contribution in [0.2, 0.25) is 0 Å². The molecule has 3 atom stereocenters. The number of nitrogens with one attached hydrogen (secondary N) is 1. The van der Waals surface area contributed by atoms with Gasteiger partial charge in [-0.25, -0.2) is 4.57 Å². The van der Waals surface area contributed by atoms with Crippen molar-refractivity contribution in [2.45, 2.75) is 334 Å². The van der Waals surface area contributed by atoms with Crippen LogP contribution in [0.5, 0.6) is 0 Å². The zero-order valence-electron chi connectivity index (χ0n) is 46.6. The van der Waals surface area contributed by atoms with Crippen molar-refractivity contribution in [2.75, 3.05) is 40.9 Å². The molecular formula is C59H122N2O6P+. The zero-order valence-corrected chi connectivity index (χ0v) is 47.5. The highest BCUT2D eigenvalue weighted by Crippen LogP contribution is 2.43. The van der Waals surface area contributed by atoms with Crippen molar-refractivity contribution in [3.63, 3.8) is 0 Å². The second-order valence-electron chi connectivity index (χ2n) is 22.4. The highest BCUT2D eigenvalue weighted by atomic mass is 31.2. The van der Waals surface area contributed by atoms with Gasteiger partial charge in [0.1, 0.15) is 13.2 Å². The van der Waals surface area contributed by atoms with Gasteiger partial charge in [-0.3, -0.25) is 13.8 Å². The minimum absolute atomic E-state index is 0.0792. The third-order valence-corrected chi connectivity index (χ3v) is 15.3. The lowest BCUT2D eigenvalue weighted by atomic mass is 10.0. The lowest BCUT2D eigenvalue weighted by molar-refractivity contribution is -0.870. The van der Waals surface area contributed by atoms with Gasteiger partial charge >= 0.3 is 7.82 Å². The molecule has 0 aromatic carbocycles. The number of nitrogens with zero attached hydrogens (tertiary/aromatic N) is 1. The predicted molar refractivity (Wildman–Crippen MR) is 296 cm³/mol. The fourth-order valence-corrected chi connectivity index (χ4v) is 10.3. The molecule has 8 nitrogen and oxygen atoms in total. The Morgan fingerprint density at radius 2 is 0.706 bits per heavy atom. The maximum Gasteiger partial charge on any atom is 0.472 e. The number of aliphatic hydroxyl groups is 1. The Morgan fingerprint density at radius 1 is 0.441 bits per heavy atom. The topological polar surface area (TPSA) is 105 Å². The van der Waals surface area contributed by atoms with E-state index in [1.807, 2.05) is 21.1 Å². The van der Waals surface area contributed by atoms with Crippen molar-refractivity contribution in [3.8, 4) is 0 Å². The number of hydrogen-bond acceptors (Lipinski definition) is 5. The average molecular weight is 987 g/mol. The number of quaternary nitrogens is 1. The second kappa shape index (κ2) is 51.4. The number of phosphoric acid groups is 1. The quantitative estimate of drug-likeness (QED) is 0.0319. The smallest absolute Gasteiger partial charge is 0.391 e. The van der Waals surface area contributed by atoms with Crippen LogP contribution in [0.1, 0.15) is 322 Å². The van der Waals surface area contributed by atoms with Crippen LogP contribution in [-0.4, -0.2) is 73.4 Å². The monoisotopic (exact) mass is 986 g/mol. The molecule has 0 aliphatic heterocycles. The molecular weight excluding hydrogens is 864 g/mol. The SMILES string of the molecule is CCCCCCCCCCCCCCCCCCCCCCCCCCCCCC(O)C(COP(=O)(O)OCC[N+](C)(C)C)NC(=O)CCCCCCCCCCCCCCCCCCCCC. The van der Waals surface area contributed by atoms with Gasteiger partial charge in [0.25, 0.3) is 0 Å². The molecule has 0 saturated carbocycles. The summed E-state index contributed by atoms with van der Waals surface area (Å²) in [6.07, 6.45) is 61.7. The van der Waals surface area contributed by atoms with Gasteiger partial charge in [0.15, 0.2) is 0 Å². The molecule has 1 amide bonds. The van der Waals surface area contributed by atoms with Crippen molar-refractivity contribution >= 4 is 13.7 Å². The van der Waals surface area contributed by atoms with Crippen LogP contribution >= 0.6 is 7.82 Å². The number of rotatable bonds is 57. The van der Waals surface area contributed by atoms with E-state index in [0.717, 1.165) is 38.5 Å². The molecule has 0 heterocycles. The minimum atomic E-state index is -4.32. The first kappa shape index (κ1) is 67.5. The average Bonchev–Trinajstić information content (AvgIpc) is 3.30. The fraction of sp³-hybridized carbons (Fsp3) is 0.983. The van der Waals surface area contributed by atoms with Gasteiger partial charge in [0.05, 0.1) is 39.9 Å². The molecule has 3 N–H and O–H groups in total. The molecule has 0 aliphatic carbocycles. The summed E-state index contributed by atoms with van der Waals surface area (Å²) >= 11 is 0. The summed E-state index contributed by atoms with van der Waals surface area (Å²) in [5.74, 6) is -0.136. The number of likely N-dealkylation sites (N-methyl/N-ethyl adjacent to an activating group) is 1. The first-order chi connectivity index (χ1) is 33.0. The van der Waals surface area contributed by atoms with Crippen LogP contribution in [0.3, 0.4) is 0 Å². The highest BCUT2D eigenvalue weighted by molar-refractivity contribution is 7.47. The van der Waals surface area contributed by atoms with E-state index in [4.69, 9.17) is 9.05 Å². The van der Waals surface area contributed by atoms with Crippen LogP contribution < -0.4 is 5.32 Å². The van der Waals surface area contributed by atoms with Gasteiger partial charge in [-0.2, -0.15) is 0 Å². The number of aliphatic hydroxyl groups excluding tert-OH is 1. The molecule has 0 fully saturated rings. The van der Waals surface area contributed by atoms with E-state index >= 15 is 0 Å². The van der Waals surface area contributed by atoms with E-state index in [9.17, 15) is 19.4 Å². The van der Waals surface area contributed by atoms with Gasteiger partial charge in [0.2, 0.25) is 5.91 Å². The Morgan fingerprint density at radius 3 is 0.985 bits per heavy atom. The molecule has 0 rings (SSSR count). The van der Waals surface area contributed by atoms with E-state index in [1.54, 1.807) is 0 Å². The molecule has 9 heteroatoms. The Balaban J connectivity index is 4.07. The van der Waals surface area contributed by atoms with E-state index in [2.05, 4.69) is 19.2 Å².